The fourth-order valence-electron chi connectivity index (χ4n) is 2.40. The van der Waals surface area contributed by atoms with Crippen LogP contribution in [0.25, 0.3) is 0 Å². The van der Waals surface area contributed by atoms with Crippen molar-refractivity contribution < 1.29 is 14.9 Å². The van der Waals surface area contributed by atoms with Crippen LogP contribution in [-0.2, 0) is 11.2 Å². The highest BCUT2D eigenvalue weighted by molar-refractivity contribution is 5.43. The van der Waals surface area contributed by atoms with Crippen LogP contribution in [0, 0.1) is 0 Å². The molecule has 104 valence electrons. The first-order valence-electron chi connectivity index (χ1n) is 6.24. The Hall–Kier alpha value is -1.48. The molecule has 1 aromatic heterocycles. The van der Waals surface area contributed by atoms with Gasteiger partial charge in [-0.3, -0.25) is 4.57 Å². The van der Waals surface area contributed by atoms with Gasteiger partial charge in [0.1, 0.15) is 12.3 Å². The number of ether oxygens (including phenoxy) is 1. The molecule has 4 N–H and O–H groups in total. The quantitative estimate of drug-likeness (QED) is 0.509. The van der Waals surface area contributed by atoms with Gasteiger partial charge in [0.2, 0.25) is 0 Å². The molecule has 1 fully saturated rings. The van der Waals surface area contributed by atoms with Crippen LogP contribution in [0.1, 0.15) is 18.2 Å². The number of rotatable bonds is 2. The summed E-state index contributed by atoms with van der Waals surface area (Å²) in [5.74, 6) is 0.532. The van der Waals surface area contributed by atoms with E-state index in [1.807, 2.05) is 0 Å². The molecule has 3 rings (SSSR count). The second kappa shape index (κ2) is 4.89. The number of nitrogens with zero attached hydrogens (tertiary/aromatic N) is 2. The van der Waals surface area contributed by atoms with Gasteiger partial charge in [0.25, 0.3) is 0 Å². The summed E-state index contributed by atoms with van der Waals surface area (Å²) in [7, 11) is 0. The molecular formula is C11H16N4O4. The molecule has 3 unspecified atom stereocenters. The van der Waals surface area contributed by atoms with Crippen LogP contribution in [0.2, 0.25) is 0 Å². The maximum Gasteiger partial charge on any atom is 0.351 e. The van der Waals surface area contributed by atoms with Crippen molar-refractivity contribution in [1.82, 2.24) is 15.0 Å². The largest absolute Gasteiger partial charge is 0.394 e. The minimum absolute atomic E-state index is 0.268. The molecule has 0 bridgehead atoms. The van der Waals surface area contributed by atoms with Crippen molar-refractivity contribution in [2.75, 3.05) is 18.6 Å². The van der Waals surface area contributed by atoms with Gasteiger partial charge in [-0.2, -0.15) is 4.98 Å². The normalized spacial score (nSPS) is 29.9. The lowest BCUT2D eigenvalue weighted by molar-refractivity contribution is -0.0459. The summed E-state index contributed by atoms with van der Waals surface area (Å²) >= 11 is 0. The standard InChI is InChI=1S/C11H16N4O4/c16-5-8-7(17)3-9(19-8)15-4-6-1-2-12-14-10(6)13-11(15)18/h4,7-9,12,16-17H,1-3,5H2,(H,13,14,18). The predicted octanol–water partition coefficient (Wildman–Crippen LogP) is -1.64. The van der Waals surface area contributed by atoms with Gasteiger partial charge in [-0.15, -0.1) is 0 Å². The van der Waals surface area contributed by atoms with Gasteiger partial charge < -0.3 is 20.4 Å². The molecule has 0 aliphatic carbocycles. The zero-order valence-corrected chi connectivity index (χ0v) is 10.2. The van der Waals surface area contributed by atoms with Crippen molar-refractivity contribution in [2.24, 2.45) is 0 Å². The SMILES string of the molecule is O=c1nc2c(cn1C1CC(O)C(CO)O1)CCNN2. The molecular weight excluding hydrogens is 252 g/mol. The molecule has 1 aromatic rings. The van der Waals surface area contributed by atoms with Crippen LogP contribution < -0.4 is 16.5 Å². The van der Waals surface area contributed by atoms with Gasteiger partial charge in [0, 0.05) is 24.7 Å². The van der Waals surface area contributed by atoms with E-state index in [0.29, 0.717) is 5.82 Å². The topological polar surface area (TPSA) is 109 Å². The molecule has 3 atom stereocenters. The third-order valence-corrected chi connectivity index (χ3v) is 3.45. The fourth-order valence-corrected chi connectivity index (χ4v) is 2.40. The average Bonchev–Trinajstić information content (AvgIpc) is 2.79. The number of aliphatic hydroxyl groups is 2. The summed E-state index contributed by atoms with van der Waals surface area (Å²) < 4.78 is 6.85. The third kappa shape index (κ3) is 2.23. The van der Waals surface area contributed by atoms with Crippen LogP contribution in [0.4, 0.5) is 5.82 Å². The van der Waals surface area contributed by atoms with Gasteiger partial charge in [-0.25, -0.2) is 10.2 Å². The lowest BCUT2D eigenvalue weighted by Gasteiger charge is -2.21. The lowest BCUT2D eigenvalue weighted by Crippen LogP contribution is -2.36. The van der Waals surface area contributed by atoms with Crippen LogP contribution in [0.15, 0.2) is 11.0 Å². The second-order valence-corrected chi connectivity index (χ2v) is 4.72. The van der Waals surface area contributed by atoms with E-state index in [9.17, 15) is 9.90 Å². The molecule has 8 heteroatoms. The maximum absolute atomic E-state index is 11.9. The van der Waals surface area contributed by atoms with Crippen molar-refractivity contribution in [3.8, 4) is 0 Å². The lowest BCUT2D eigenvalue weighted by atomic mass is 10.2. The van der Waals surface area contributed by atoms with Crippen LogP contribution in [0.5, 0.6) is 0 Å². The molecule has 1 saturated heterocycles. The first kappa shape index (κ1) is 12.5. The van der Waals surface area contributed by atoms with Crippen molar-refractivity contribution >= 4 is 5.82 Å². The van der Waals surface area contributed by atoms with E-state index in [2.05, 4.69) is 15.8 Å². The molecule has 0 spiro atoms. The van der Waals surface area contributed by atoms with Crippen molar-refractivity contribution in [1.29, 1.82) is 0 Å². The van der Waals surface area contributed by atoms with E-state index >= 15 is 0 Å². The minimum Gasteiger partial charge on any atom is -0.394 e. The van der Waals surface area contributed by atoms with Gasteiger partial charge in [0.15, 0.2) is 5.82 Å². The molecule has 0 amide bonds. The number of anilines is 1. The summed E-state index contributed by atoms with van der Waals surface area (Å²) in [5.41, 5.74) is 6.24. The first-order valence-corrected chi connectivity index (χ1v) is 6.24. The first-order chi connectivity index (χ1) is 9.19. The number of hydrazine groups is 1. The summed E-state index contributed by atoms with van der Waals surface area (Å²) in [6.45, 7) is 0.483. The molecule has 2 aliphatic heterocycles. The monoisotopic (exact) mass is 268 g/mol. The van der Waals surface area contributed by atoms with Gasteiger partial charge in [-0.1, -0.05) is 0 Å². The number of nitrogens with one attached hydrogen (secondary N) is 2. The predicted molar refractivity (Wildman–Crippen MR) is 65.4 cm³/mol. The molecule has 0 aromatic carbocycles. The average molecular weight is 268 g/mol. The Morgan fingerprint density at radius 3 is 3.16 bits per heavy atom. The van der Waals surface area contributed by atoms with Crippen molar-refractivity contribution in [3.63, 3.8) is 0 Å². The second-order valence-electron chi connectivity index (χ2n) is 4.72. The highest BCUT2D eigenvalue weighted by Crippen LogP contribution is 2.28. The van der Waals surface area contributed by atoms with Crippen molar-refractivity contribution in [2.45, 2.75) is 31.3 Å². The molecule has 8 nitrogen and oxygen atoms in total. The van der Waals surface area contributed by atoms with Crippen LogP contribution in [0.3, 0.4) is 0 Å². The van der Waals surface area contributed by atoms with Crippen LogP contribution >= 0.6 is 0 Å². The Morgan fingerprint density at radius 1 is 1.58 bits per heavy atom. The minimum atomic E-state index is -0.766. The summed E-state index contributed by atoms with van der Waals surface area (Å²) in [4.78, 5) is 15.9. The van der Waals surface area contributed by atoms with E-state index in [-0.39, 0.29) is 13.0 Å². The molecule has 3 heterocycles. The number of fused-ring (bicyclic) bond motifs is 1. The molecule has 0 saturated carbocycles. The summed E-state index contributed by atoms with van der Waals surface area (Å²) in [6, 6.07) is 0. The highest BCUT2D eigenvalue weighted by Gasteiger charge is 2.35. The van der Waals surface area contributed by atoms with Gasteiger partial charge in [0.05, 0.1) is 12.7 Å². The summed E-state index contributed by atoms with van der Waals surface area (Å²) in [6.07, 6.45) is 0.749. The number of aromatic nitrogens is 2. The third-order valence-electron chi connectivity index (χ3n) is 3.45. The van der Waals surface area contributed by atoms with Crippen molar-refractivity contribution in [3.05, 3.63) is 22.2 Å². The van der Waals surface area contributed by atoms with E-state index in [4.69, 9.17) is 9.84 Å². The van der Waals surface area contributed by atoms with E-state index < -0.39 is 24.1 Å². The smallest absolute Gasteiger partial charge is 0.351 e. The van der Waals surface area contributed by atoms with E-state index in [1.165, 1.54) is 4.57 Å². The Bertz CT molecular complexity index is 532. The Balaban J connectivity index is 1.91. The van der Waals surface area contributed by atoms with Gasteiger partial charge in [-0.05, 0) is 6.42 Å². The zero-order chi connectivity index (χ0) is 13.4. The van der Waals surface area contributed by atoms with Crippen LogP contribution in [-0.4, -0.2) is 45.1 Å². The molecule has 0 radical (unpaired) electrons. The number of aliphatic hydroxyl groups excluding tert-OH is 2. The Kier molecular flexibility index (Phi) is 3.23. The fraction of sp³-hybridized carbons (Fsp3) is 0.636. The number of hydrogen-bond donors (Lipinski definition) is 4. The molecule has 2 aliphatic rings. The molecule has 19 heavy (non-hydrogen) atoms. The van der Waals surface area contributed by atoms with E-state index in [0.717, 1.165) is 18.5 Å². The zero-order valence-electron chi connectivity index (χ0n) is 10.2. The van der Waals surface area contributed by atoms with Gasteiger partial charge >= 0.3 is 5.69 Å². The Morgan fingerprint density at radius 2 is 2.42 bits per heavy atom. The summed E-state index contributed by atoms with van der Waals surface area (Å²) in [5, 5.41) is 18.8. The maximum atomic E-state index is 11.9. The highest BCUT2D eigenvalue weighted by atomic mass is 16.5. The number of hydrogen-bond acceptors (Lipinski definition) is 7. The van der Waals surface area contributed by atoms with E-state index in [1.54, 1.807) is 6.20 Å². The Labute approximate surface area is 109 Å².